The molecule has 1 N–H and O–H groups in total. The molecule has 0 unspecified atom stereocenters. The summed E-state index contributed by atoms with van der Waals surface area (Å²) in [6.45, 7) is 4.39. The second-order valence-corrected chi connectivity index (χ2v) is 8.60. The van der Waals surface area contributed by atoms with E-state index in [-0.39, 0.29) is 12.5 Å². The molecule has 0 fully saturated rings. The van der Waals surface area contributed by atoms with E-state index >= 15 is 0 Å². The quantitative estimate of drug-likeness (QED) is 0.476. The standard InChI is InChI=1S/C21H20Cl2N2O2S/c1-13(2)20-18(11-26)19(12-27)25(10-14-3-5-24-6-4-14)21(20)28-17-8-15(22)7-16(23)9-17/h3-9,12-13,26H,10-11H2,1-2H3. The van der Waals surface area contributed by atoms with E-state index in [0.29, 0.717) is 27.8 Å². The van der Waals surface area contributed by atoms with Gasteiger partial charge >= 0.3 is 0 Å². The summed E-state index contributed by atoms with van der Waals surface area (Å²) in [7, 11) is 0. The lowest BCUT2D eigenvalue weighted by Gasteiger charge is -2.14. The van der Waals surface area contributed by atoms with E-state index in [2.05, 4.69) is 18.8 Å². The fourth-order valence-corrected chi connectivity index (χ4v) is 5.21. The molecule has 3 rings (SSSR count). The van der Waals surface area contributed by atoms with Crippen LogP contribution in [0.4, 0.5) is 0 Å². The summed E-state index contributed by atoms with van der Waals surface area (Å²) < 4.78 is 1.95. The smallest absolute Gasteiger partial charge is 0.166 e. The first kappa shape index (κ1) is 20.9. The van der Waals surface area contributed by atoms with Crippen LogP contribution in [-0.4, -0.2) is 20.9 Å². The molecule has 146 valence electrons. The number of halogens is 2. The van der Waals surface area contributed by atoms with Crippen LogP contribution in [-0.2, 0) is 13.2 Å². The molecule has 7 heteroatoms. The number of carbonyl (C=O) groups is 1. The highest BCUT2D eigenvalue weighted by Gasteiger charge is 2.25. The number of hydrogen-bond donors (Lipinski definition) is 1. The average Bonchev–Trinajstić information content (AvgIpc) is 2.94. The number of nitrogens with zero attached hydrogens (tertiary/aromatic N) is 2. The zero-order chi connectivity index (χ0) is 20.3. The van der Waals surface area contributed by atoms with Crippen molar-refractivity contribution in [3.63, 3.8) is 0 Å². The van der Waals surface area contributed by atoms with Crippen molar-refractivity contribution in [1.29, 1.82) is 0 Å². The summed E-state index contributed by atoms with van der Waals surface area (Å²) in [6.07, 6.45) is 4.26. The lowest BCUT2D eigenvalue weighted by Crippen LogP contribution is -2.06. The van der Waals surface area contributed by atoms with Gasteiger partial charge in [0.15, 0.2) is 6.29 Å². The van der Waals surface area contributed by atoms with Gasteiger partial charge in [0.2, 0.25) is 0 Å². The van der Waals surface area contributed by atoms with Gasteiger partial charge in [0.1, 0.15) is 0 Å². The van der Waals surface area contributed by atoms with Crippen LogP contribution in [0.5, 0.6) is 0 Å². The molecule has 0 atom stereocenters. The predicted molar refractivity (Wildman–Crippen MR) is 114 cm³/mol. The third-order valence-electron chi connectivity index (χ3n) is 4.39. The minimum absolute atomic E-state index is 0.122. The normalized spacial score (nSPS) is 11.2. The Labute approximate surface area is 178 Å². The van der Waals surface area contributed by atoms with Crippen molar-refractivity contribution in [3.05, 3.63) is 75.2 Å². The van der Waals surface area contributed by atoms with E-state index in [9.17, 15) is 9.90 Å². The van der Waals surface area contributed by atoms with Gasteiger partial charge in [-0.15, -0.1) is 0 Å². The van der Waals surface area contributed by atoms with E-state index < -0.39 is 0 Å². The van der Waals surface area contributed by atoms with Crippen LogP contribution < -0.4 is 0 Å². The van der Waals surface area contributed by atoms with Gasteiger partial charge in [-0.05, 0) is 47.4 Å². The van der Waals surface area contributed by atoms with Crippen LogP contribution in [0.3, 0.4) is 0 Å². The topological polar surface area (TPSA) is 55.1 Å². The monoisotopic (exact) mass is 434 g/mol. The van der Waals surface area contributed by atoms with Gasteiger partial charge in [-0.2, -0.15) is 0 Å². The highest BCUT2D eigenvalue weighted by molar-refractivity contribution is 7.99. The van der Waals surface area contributed by atoms with E-state index in [1.54, 1.807) is 18.5 Å². The Morgan fingerprint density at radius 3 is 2.36 bits per heavy atom. The molecule has 0 radical (unpaired) electrons. The molecule has 0 aliphatic rings. The highest BCUT2D eigenvalue weighted by Crippen LogP contribution is 2.41. The maximum absolute atomic E-state index is 12.0. The molecule has 0 amide bonds. The van der Waals surface area contributed by atoms with Gasteiger partial charge in [-0.3, -0.25) is 9.78 Å². The number of rotatable bonds is 7. The molecular formula is C21H20Cl2N2O2S. The zero-order valence-electron chi connectivity index (χ0n) is 15.5. The first-order chi connectivity index (χ1) is 13.4. The van der Waals surface area contributed by atoms with Crippen molar-refractivity contribution in [2.45, 2.75) is 42.8 Å². The van der Waals surface area contributed by atoms with Crippen LogP contribution in [0.25, 0.3) is 0 Å². The molecule has 0 saturated carbocycles. The fraction of sp³-hybridized carbons (Fsp3) is 0.238. The SMILES string of the molecule is CC(C)c1c(CO)c(C=O)n(Cc2ccncc2)c1Sc1cc(Cl)cc(Cl)c1. The third kappa shape index (κ3) is 4.44. The molecule has 3 aromatic rings. The molecule has 1 aromatic carbocycles. The number of hydrogen-bond acceptors (Lipinski definition) is 4. The number of aldehydes is 1. The molecule has 0 aliphatic heterocycles. The molecule has 0 saturated heterocycles. The Bertz CT molecular complexity index is 968. The Balaban J connectivity index is 2.19. The van der Waals surface area contributed by atoms with Crippen molar-refractivity contribution in [1.82, 2.24) is 9.55 Å². The number of carbonyl (C=O) groups excluding carboxylic acids is 1. The lowest BCUT2D eigenvalue weighted by atomic mass is 10.0. The number of aromatic nitrogens is 2. The minimum Gasteiger partial charge on any atom is -0.392 e. The van der Waals surface area contributed by atoms with Gasteiger partial charge in [0.05, 0.1) is 17.3 Å². The van der Waals surface area contributed by atoms with Gasteiger partial charge < -0.3 is 9.67 Å². The van der Waals surface area contributed by atoms with E-state index in [4.69, 9.17) is 23.2 Å². The second kappa shape index (κ2) is 9.14. The number of aliphatic hydroxyl groups is 1. The molecule has 0 aliphatic carbocycles. The van der Waals surface area contributed by atoms with Crippen LogP contribution in [0.2, 0.25) is 10.0 Å². The van der Waals surface area contributed by atoms with Crippen LogP contribution in [0.15, 0.2) is 52.6 Å². The van der Waals surface area contributed by atoms with Gasteiger partial charge in [-0.1, -0.05) is 48.8 Å². The molecule has 4 nitrogen and oxygen atoms in total. The zero-order valence-corrected chi connectivity index (χ0v) is 17.9. The third-order valence-corrected chi connectivity index (χ3v) is 5.93. The Hall–Kier alpha value is -1.79. The summed E-state index contributed by atoms with van der Waals surface area (Å²) in [5.41, 5.74) is 3.12. The Morgan fingerprint density at radius 1 is 1.18 bits per heavy atom. The summed E-state index contributed by atoms with van der Waals surface area (Å²) in [6, 6.07) is 9.18. The summed E-state index contributed by atoms with van der Waals surface area (Å²) >= 11 is 13.8. The van der Waals surface area contributed by atoms with E-state index in [1.807, 2.05) is 28.8 Å². The first-order valence-corrected chi connectivity index (χ1v) is 10.4. The number of aliphatic hydroxyl groups excluding tert-OH is 1. The first-order valence-electron chi connectivity index (χ1n) is 8.78. The van der Waals surface area contributed by atoms with Crippen molar-refractivity contribution in [2.24, 2.45) is 0 Å². The minimum atomic E-state index is -0.200. The van der Waals surface area contributed by atoms with E-state index in [0.717, 1.165) is 27.3 Å². The molecule has 2 aromatic heterocycles. The van der Waals surface area contributed by atoms with Gasteiger partial charge in [0.25, 0.3) is 0 Å². The largest absolute Gasteiger partial charge is 0.392 e. The molecule has 28 heavy (non-hydrogen) atoms. The van der Waals surface area contributed by atoms with E-state index in [1.165, 1.54) is 11.8 Å². The van der Waals surface area contributed by atoms with Gasteiger partial charge in [0, 0.05) is 39.4 Å². The molecule has 2 heterocycles. The lowest BCUT2D eigenvalue weighted by molar-refractivity contribution is 0.111. The van der Waals surface area contributed by atoms with Crippen LogP contribution >= 0.6 is 35.0 Å². The van der Waals surface area contributed by atoms with Crippen LogP contribution in [0.1, 0.15) is 46.9 Å². The number of pyridine rings is 1. The summed E-state index contributed by atoms with van der Waals surface area (Å²) in [4.78, 5) is 16.9. The van der Waals surface area contributed by atoms with Crippen LogP contribution in [0, 0.1) is 0 Å². The fourth-order valence-electron chi connectivity index (χ4n) is 3.22. The molecule has 0 bridgehead atoms. The van der Waals surface area contributed by atoms with Crippen molar-refractivity contribution < 1.29 is 9.90 Å². The Morgan fingerprint density at radius 2 is 1.82 bits per heavy atom. The van der Waals surface area contributed by atoms with Crippen molar-refractivity contribution >= 4 is 41.2 Å². The molecule has 0 spiro atoms. The van der Waals surface area contributed by atoms with Crippen molar-refractivity contribution in [2.75, 3.05) is 0 Å². The maximum atomic E-state index is 12.0. The van der Waals surface area contributed by atoms with Crippen molar-refractivity contribution in [3.8, 4) is 0 Å². The predicted octanol–water partition coefficient (Wildman–Crippen LogP) is 5.82. The summed E-state index contributed by atoms with van der Waals surface area (Å²) in [5, 5.41) is 12.0. The second-order valence-electron chi connectivity index (χ2n) is 6.66. The number of benzene rings is 1. The maximum Gasteiger partial charge on any atom is 0.166 e. The average molecular weight is 435 g/mol. The molecular weight excluding hydrogens is 415 g/mol. The highest BCUT2D eigenvalue weighted by atomic mass is 35.5. The Kier molecular flexibility index (Phi) is 6.83. The summed E-state index contributed by atoms with van der Waals surface area (Å²) in [5.74, 6) is 0.122. The van der Waals surface area contributed by atoms with Gasteiger partial charge in [-0.25, -0.2) is 0 Å².